The highest BCUT2D eigenvalue weighted by atomic mass is 16.4. The van der Waals surface area contributed by atoms with Crippen molar-refractivity contribution in [3.63, 3.8) is 0 Å². The van der Waals surface area contributed by atoms with Gasteiger partial charge in [-0.25, -0.2) is 4.79 Å². The third-order valence-electron chi connectivity index (χ3n) is 5.41. The number of para-hydroxylation sites is 1. The Kier molecular flexibility index (Phi) is 5.23. The van der Waals surface area contributed by atoms with E-state index in [0.29, 0.717) is 16.3 Å². The largest absolute Gasteiger partial charge is 0.416 e. The third-order valence-corrected chi connectivity index (χ3v) is 5.41. The summed E-state index contributed by atoms with van der Waals surface area (Å²) in [4.78, 5) is 27.8. The monoisotopic (exact) mass is 397 g/mol. The molecule has 3 aromatic carbocycles. The molecule has 0 saturated heterocycles. The molecule has 1 heterocycles. The summed E-state index contributed by atoms with van der Waals surface area (Å²) in [6, 6.07) is 22.9. The topological polar surface area (TPSA) is 50.5 Å². The second-order valence-electron chi connectivity index (χ2n) is 7.35. The first kappa shape index (κ1) is 19.6. The highest BCUT2D eigenvalue weighted by Crippen LogP contribution is 2.32. The molecule has 4 rings (SSSR count). The molecule has 30 heavy (non-hydrogen) atoms. The lowest BCUT2D eigenvalue weighted by Crippen LogP contribution is -2.28. The number of hydrogen-bond donors (Lipinski definition) is 0. The number of amides is 1. The highest BCUT2D eigenvalue weighted by molar-refractivity contribution is 6.12. The van der Waals surface area contributed by atoms with E-state index in [1.807, 2.05) is 74.5 Å². The van der Waals surface area contributed by atoms with Crippen LogP contribution in [0.3, 0.4) is 0 Å². The van der Waals surface area contributed by atoms with Gasteiger partial charge in [0.05, 0.1) is 5.39 Å². The molecule has 0 N–H and O–H groups in total. The van der Waals surface area contributed by atoms with Gasteiger partial charge in [0, 0.05) is 23.7 Å². The summed E-state index contributed by atoms with van der Waals surface area (Å²) in [5, 5.41) is 1.17. The summed E-state index contributed by atoms with van der Waals surface area (Å²) >= 11 is 0. The second kappa shape index (κ2) is 7.99. The molecule has 1 aromatic heterocycles. The fourth-order valence-corrected chi connectivity index (χ4v) is 3.76. The van der Waals surface area contributed by atoms with E-state index >= 15 is 0 Å². The van der Waals surface area contributed by atoms with Gasteiger partial charge in [0.2, 0.25) is 5.76 Å². The molecule has 150 valence electrons. The predicted octanol–water partition coefficient (Wildman–Crippen LogP) is 5.61. The first-order valence-corrected chi connectivity index (χ1v) is 10.00. The van der Waals surface area contributed by atoms with E-state index in [2.05, 4.69) is 0 Å². The van der Waals surface area contributed by atoms with Crippen molar-refractivity contribution in [1.29, 1.82) is 0 Å². The maximum absolute atomic E-state index is 13.6. The van der Waals surface area contributed by atoms with Crippen LogP contribution in [0.5, 0.6) is 0 Å². The molecule has 0 unspecified atom stereocenters. The van der Waals surface area contributed by atoms with Crippen molar-refractivity contribution < 1.29 is 9.21 Å². The minimum absolute atomic E-state index is 0.0518. The van der Waals surface area contributed by atoms with E-state index in [-0.39, 0.29) is 11.7 Å². The lowest BCUT2D eigenvalue weighted by Gasteiger charge is -2.21. The van der Waals surface area contributed by atoms with Gasteiger partial charge < -0.3 is 9.32 Å². The number of benzene rings is 3. The van der Waals surface area contributed by atoms with Crippen molar-refractivity contribution in [3.8, 4) is 11.1 Å². The molecule has 1 amide bonds. The number of carbonyl (C=O) groups is 1. The lowest BCUT2D eigenvalue weighted by molar-refractivity contribution is 0.0963. The van der Waals surface area contributed by atoms with Crippen molar-refractivity contribution in [3.05, 3.63) is 100 Å². The summed E-state index contributed by atoms with van der Waals surface area (Å²) in [5.74, 6) is -0.301. The maximum atomic E-state index is 13.6. The zero-order chi connectivity index (χ0) is 21.3. The first-order chi connectivity index (χ1) is 14.5. The SMILES string of the molecule is CCc1ccccc1N(C)C(=O)c1oc(=O)c2ccccc2c1-c1ccc(C)cc1. The second-order valence-corrected chi connectivity index (χ2v) is 7.35. The van der Waals surface area contributed by atoms with E-state index in [0.717, 1.165) is 28.8 Å². The molecule has 0 saturated carbocycles. The summed E-state index contributed by atoms with van der Waals surface area (Å²) in [6.07, 6.45) is 0.792. The fourth-order valence-electron chi connectivity index (χ4n) is 3.76. The number of nitrogens with zero attached hydrogens (tertiary/aromatic N) is 1. The molecule has 0 atom stereocenters. The van der Waals surface area contributed by atoms with Crippen LogP contribution in [0.1, 0.15) is 28.6 Å². The van der Waals surface area contributed by atoms with Gasteiger partial charge in [-0.15, -0.1) is 0 Å². The van der Waals surface area contributed by atoms with Gasteiger partial charge in [0.15, 0.2) is 0 Å². The average Bonchev–Trinajstić information content (AvgIpc) is 2.79. The molecule has 0 spiro atoms. The van der Waals surface area contributed by atoms with Gasteiger partial charge in [-0.05, 0) is 36.6 Å². The lowest BCUT2D eigenvalue weighted by atomic mass is 9.97. The average molecular weight is 397 g/mol. The van der Waals surface area contributed by atoms with E-state index in [1.54, 1.807) is 24.1 Å². The van der Waals surface area contributed by atoms with Crippen molar-refractivity contribution in [1.82, 2.24) is 0 Å². The zero-order valence-corrected chi connectivity index (χ0v) is 17.3. The molecule has 0 aliphatic heterocycles. The van der Waals surface area contributed by atoms with E-state index in [4.69, 9.17) is 4.42 Å². The van der Waals surface area contributed by atoms with Crippen LogP contribution in [0, 0.1) is 6.92 Å². The summed E-state index contributed by atoms with van der Waals surface area (Å²) < 4.78 is 5.64. The highest BCUT2D eigenvalue weighted by Gasteiger charge is 2.25. The van der Waals surface area contributed by atoms with Crippen molar-refractivity contribution in [2.45, 2.75) is 20.3 Å². The zero-order valence-electron chi connectivity index (χ0n) is 17.3. The van der Waals surface area contributed by atoms with Gasteiger partial charge in [-0.3, -0.25) is 4.79 Å². The molecule has 0 aliphatic carbocycles. The van der Waals surface area contributed by atoms with Crippen molar-refractivity contribution >= 4 is 22.4 Å². The number of anilines is 1. The number of rotatable bonds is 4. The first-order valence-electron chi connectivity index (χ1n) is 10.00. The fraction of sp³-hybridized carbons (Fsp3) is 0.154. The molecule has 4 nitrogen and oxygen atoms in total. The Morgan fingerprint density at radius 2 is 1.53 bits per heavy atom. The van der Waals surface area contributed by atoms with Crippen LogP contribution >= 0.6 is 0 Å². The Labute approximate surface area is 175 Å². The quantitative estimate of drug-likeness (QED) is 0.450. The van der Waals surface area contributed by atoms with E-state index in [9.17, 15) is 9.59 Å². The Morgan fingerprint density at radius 3 is 2.23 bits per heavy atom. The van der Waals surface area contributed by atoms with Gasteiger partial charge in [0.25, 0.3) is 5.91 Å². The number of fused-ring (bicyclic) bond motifs is 1. The number of hydrogen-bond acceptors (Lipinski definition) is 3. The molecular formula is C26H23NO3. The van der Waals surface area contributed by atoms with Crippen LogP contribution in [0.4, 0.5) is 5.69 Å². The van der Waals surface area contributed by atoms with Gasteiger partial charge >= 0.3 is 5.63 Å². The summed E-state index contributed by atoms with van der Waals surface area (Å²) in [7, 11) is 1.71. The molecule has 0 aliphatic rings. The molecule has 0 bridgehead atoms. The molecule has 0 radical (unpaired) electrons. The summed E-state index contributed by atoms with van der Waals surface area (Å²) in [6.45, 7) is 4.06. The Morgan fingerprint density at radius 1 is 0.900 bits per heavy atom. The van der Waals surface area contributed by atoms with Crippen LogP contribution < -0.4 is 10.5 Å². The minimum Gasteiger partial charge on any atom is -0.416 e. The number of aryl methyl sites for hydroxylation is 2. The van der Waals surface area contributed by atoms with Crippen molar-refractivity contribution in [2.75, 3.05) is 11.9 Å². The number of carbonyl (C=O) groups excluding carboxylic acids is 1. The molecule has 4 aromatic rings. The molecular weight excluding hydrogens is 374 g/mol. The normalized spacial score (nSPS) is 10.9. The van der Waals surface area contributed by atoms with Crippen molar-refractivity contribution in [2.24, 2.45) is 0 Å². The van der Waals surface area contributed by atoms with Crippen LogP contribution in [0.2, 0.25) is 0 Å². The van der Waals surface area contributed by atoms with E-state index < -0.39 is 5.63 Å². The Hall–Kier alpha value is -3.66. The third kappa shape index (κ3) is 3.41. The molecule has 0 fully saturated rings. The maximum Gasteiger partial charge on any atom is 0.344 e. The van der Waals surface area contributed by atoms with Crippen LogP contribution in [-0.4, -0.2) is 13.0 Å². The van der Waals surface area contributed by atoms with E-state index in [1.165, 1.54) is 0 Å². The van der Waals surface area contributed by atoms with Gasteiger partial charge in [-0.1, -0.05) is 73.2 Å². The standard InChI is InChI=1S/C26H23NO3/c1-4-18-9-5-8-12-22(18)27(3)25(28)24-23(19-15-13-17(2)14-16-19)20-10-6-7-11-21(20)26(29)30-24/h5-16H,4H2,1-3H3. The molecule has 4 heteroatoms. The Bertz CT molecular complexity index is 1290. The van der Waals surface area contributed by atoms with Gasteiger partial charge in [0.1, 0.15) is 0 Å². The Balaban J connectivity index is 1.96. The van der Waals surface area contributed by atoms with Crippen LogP contribution in [0.15, 0.2) is 82.0 Å². The minimum atomic E-state index is -0.512. The van der Waals surface area contributed by atoms with Crippen LogP contribution in [0.25, 0.3) is 21.9 Å². The van der Waals surface area contributed by atoms with Crippen LogP contribution in [-0.2, 0) is 6.42 Å². The summed E-state index contributed by atoms with van der Waals surface area (Å²) in [5.41, 5.74) is 3.92. The smallest absolute Gasteiger partial charge is 0.344 e. The van der Waals surface area contributed by atoms with Gasteiger partial charge in [-0.2, -0.15) is 0 Å². The predicted molar refractivity (Wildman–Crippen MR) is 121 cm³/mol.